The van der Waals surface area contributed by atoms with Crippen LogP contribution in [0.5, 0.6) is 11.5 Å². The number of hydrogen-bond donors (Lipinski definition) is 1. The smallest absolute Gasteiger partial charge is 0.252 e. The van der Waals surface area contributed by atoms with Crippen molar-refractivity contribution in [2.75, 3.05) is 6.79 Å². The number of nitrogens with one attached hydrogen (secondary N) is 1. The van der Waals surface area contributed by atoms with Crippen LogP contribution >= 0.6 is 0 Å². The van der Waals surface area contributed by atoms with Gasteiger partial charge in [-0.25, -0.2) is 0 Å². The molecular weight excluding hydrogens is 354 g/mol. The van der Waals surface area contributed by atoms with Gasteiger partial charge in [-0.15, -0.1) is 0 Å². The molecule has 1 saturated carbocycles. The fourth-order valence-electron chi connectivity index (χ4n) is 4.41. The summed E-state index contributed by atoms with van der Waals surface area (Å²) in [7, 11) is 0. The first-order valence-electron chi connectivity index (χ1n) is 9.74. The number of ether oxygens (including phenoxy) is 2. The average molecular weight is 379 g/mol. The third-order valence-electron chi connectivity index (χ3n) is 5.76. The average Bonchev–Trinajstić information content (AvgIpc) is 3.31. The minimum atomic E-state index is -0.847. The number of carbonyl (C=O) groups excluding carboxylic acids is 2. The zero-order chi connectivity index (χ0) is 19.9. The van der Waals surface area contributed by atoms with E-state index in [0.29, 0.717) is 35.5 Å². The number of fused-ring (bicyclic) bond motifs is 1. The molecule has 146 valence electrons. The summed E-state index contributed by atoms with van der Waals surface area (Å²) in [6.07, 6.45) is 3.18. The highest BCUT2D eigenvalue weighted by Gasteiger charge is 2.43. The Morgan fingerprint density at radius 3 is 2.32 bits per heavy atom. The number of benzene rings is 2. The van der Waals surface area contributed by atoms with Crippen LogP contribution in [-0.2, 0) is 0 Å². The van der Waals surface area contributed by atoms with Crippen molar-refractivity contribution >= 4 is 11.7 Å². The maximum Gasteiger partial charge on any atom is 0.252 e. The van der Waals surface area contributed by atoms with Gasteiger partial charge in [0.25, 0.3) is 5.91 Å². The van der Waals surface area contributed by atoms with Gasteiger partial charge in [0.15, 0.2) is 17.3 Å². The topological polar surface area (TPSA) is 64.6 Å². The van der Waals surface area contributed by atoms with E-state index >= 15 is 0 Å². The predicted molar refractivity (Wildman–Crippen MR) is 106 cm³/mol. The zero-order valence-electron chi connectivity index (χ0n) is 16.6. The summed E-state index contributed by atoms with van der Waals surface area (Å²) in [6, 6.07) is 9.35. The zero-order valence-corrected chi connectivity index (χ0v) is 16.6. The van der Waals surface area contributed by atoms with E-state index in [-0.39, 0.29) is 18.5 Å². The molecule has 1 amide bonds. The normalized spacial score (nSPS) is 16.8. The minimum absolute atomic E-state index is 0.00328. The van der Waals surface area contributed by atoms with E-state index in [2.05, 4.69) is 5.32 Å². The number of hydrogen-bond acceptors (Lipinski definition) is 4. The lowest BCUT2D eigenvalue weighted by Gasteiger charge is -2.29. The third kappa shape index (κ3) is 3.15. The van der Waals surface area contributed by atoms with Crippen molar-refractivity contribution in [1.29, 1.82) is 0 Å². The van der Waals surface area contributed by atoms with Gasteiger partial charge in [-0.2, -0.15) is 0 Å². The molecule has 2 aromatic rings. The summed E-state index contributed by atoms with van der Waals surface area (Å²) in [5.41, 5.74) is 3.18. The monoisotopic (exact) mass is 379 g/mol. The number of ketones is 1. The van der Waals surface area contributed by atoms with Crippen LogP contribution in [0.15, 0.2) is 30.3 Å². The van der Waals surface area contributed by atoms with Gasteiger partial charge in [0.1, 0.15) is 5.54 Å². The Labute approximate surface area is 165 Å². The second-order valence-corrected chi connectivity index (χ2v) is 7.92. The quantitative estimate of drug-likeness (QED) is 0.806. The maximum atomic E-state index is 13.5. The molecule has 0 radical (unpaired) electrons. The summed E-state index contributed by atoms with van der Waals surface area (Å²) in [4.78, 5) is 26.6. The first-order valence-corrected chi connectivity index (χ1v) is 9.74. The molecule has 0 aromatic heterocycles. The molecule has 1 fully saturated rings. The molecule has 0 atom stereocenters. The lowest BCUT2D eigenvalue weighted by molar-refractivity contribution is 0.0769. The molecule has 5 heteroatoms. The molecular formula is C23H25NO4. The Morgan fingerprint density at radius 1 is 0.964 bits per heavy atom. The number of carbonyl (C=O) groups is 2. The molecule has 1 N–H and O–H groups in total. The molecule has 4 rings (SSSR count). The van der Waals surface area contributed by atoms with Crippen molar-refractivity contribution in [3.63, 3.8) is 0 Å². The molecule has 0 saturated heterocycles. The summed E-state index contributed by atoms with van der Waals surface area (Å²) in [5.74, 6) is 1.02. The summed E-state index contributed by atoms with van der Waals surface area (Å²) < 4.78 is 10.9. The van der Waals surface area contributed by atoms with Crippen LogP contribution in [0.3, 0.4) is 0 Å². The van der Waals surface area contributed by atoms with E-state index < -0.39 is 5.54 Å². The lowest BCUT2D eigenvalue weighted by Crippen LogP contribution is -2.52. The molecule has 5 nitrogen and oxygen atoms in total. The third-order valence-corrected chi connectivity index (χ3v) is 5.76. The van der Waals surface area contributed by atoms with Crippen LogP contribution in [0.25, 0.3) is 0 Å². The molecule has 0 unspecified atom stereocenters. The molecule has 1 aliphatic carbocycles. The van der Waals surface area contributed by atoms with Crippen molar-refractivity contribution in [2.24, 2.45) is 0 Å². The van der Waals surface area contributed by atoms with Crippen molar-refractivity contribution in [1.82, 2.24) is 5.32 Å². The lowest BCUT2D eigenvalue weighted by atomic mass is 9.86. The van der Waals surface area contributed by atoms with Crippen molar-refractivity contribution < 1.29 is 19.1 Å². The van der Waals surface area contributed by atoms with Gasteiger partial charge in [-0.05, 0) is 57.9 Å². The Hall–Kier alpha value is -2.82. The van der Waals surface area contributed by atoms with Crippen LogP contribution in [0.4, 0.5) is 0 Å². The molecule has 1 heterocycles. The van der Waals surface area contributed by atoms with Gasteiger partial charge in [0, 0.05) is 16.7 Å². The van der Waals surface area contributed by atoms with Crippen molar-refractivity contribution in [3.05, 3.63) is 58.1 Å². The Kier molecular flexibility index (Phi) is 4.61. The van der Waals surface area contributed by atoms with E-state index in [4.69, 9.17) is 9.47 Å². The van der Waals surface area contributed by atoms with Gasteiger partial charge in [0.2, 0.25) is 6.79 Å². The Morgan fingerprint density at radius 2 is 1.64 bits per heavy atom. The van der Waals surface area contributed by atoms with Crippen LogP contribution in [0, 0.1) is 20.8 Å². The van der Waals surface area contributed by atoms with E-state index in [1.165, 1.54) is 0 Å². The fraction of sp³-hybridized carbons (Fsp3) is 0.391. The van der Waals surface area contributed by atoms with E-state index in [1.54, 1.807) is 12.1 Å². The van der Waals surface area contributed by atoms with E-state index in [0.717, 1.165) is 29.5 Å². The highest BCUT2D eigenvalue weighted by atomic mass is 16.7. The second-order valence-electron chi connectivity index (χ2n) is 7.92. The van der Waals surface area contributed by atoms with Gasteiger partial charge >= 0.3 is 0 Å². The van der Waals surface area contributed by atoms with Crippen LogP contribution in [0.2, 0.25) is 0 Å². The maximum absolute atomic E-state index is 13.5. The second kappa shape index (κ2) is 6.97. The molecule has 2 aromatic carbocycles. The summed E-state index contributed by atoms with van der Waals surface area (Å²) >= 11 is 0. The standard InChI is InChI=1S/C23H25NO4/c1-14-10-15(2)12-17(11-14)21(25)23(8-4-5-9-23)24-22(26)18-6-7-19-20(16(18)3)28-13-27-19/h6-7,10-12H,4-5,8-9,13H2,1-3H3,(H,24,26). The predicted octanol–water partition coefficient (Wildman–Crippen LogP) is 4.27. The van der Waals surface area contributed by atoms with Crippen LogP contribution in [-0.4, -0.2) is 24.0 Å². The van der Waals surface area contributed by atoms with E-state index in [1.807, 2.05) is 39.0 Å². The molecule has 0 spiro atoms. The number of rotatable bonds is 4. The van der Waals surface area contributed by atoms with Crippen LogP contribution < -0.4 is 14.8 Å². The number of amides is 1. The molecule has 0 bridgehead atoms. The van der Waals surface area contributed by atoms with Crippen molar-refractivity contribution in [3.8, 4) is 11.5 Å². The van der Waals surface area contributed by atoms with Gasteiger partial charge in [-0.3, -0.25) is 9.59 Å². The molecule has 2 aliphatic rings. The van der Waals surface area contributed by atoms with Gasteiger partial charge in [0.05, 0.1) is 0 Å². The van der Waals surface area contributed by atoms with Crippen LogP contribution in [0.1, 0.15) is 63.1 Å². The Balaban J connectivity index is 1.65. The summed E-state index contributed by atoms with van der Waals surface area (Å²) in [6.45, 7) is 5.98. The fourth-order valence-corrected chi connectivity index (χ4v) is 4.41. The first-order chi connectivity index (χ1) is 13.4. The van der Waals surface area contributed by atoms with Gasteiger partial charge < -0.3 is 14.8 Å². The highest BCUT2D eigenvalue weighted by Crippen LogP contribution is 2.38. The number of aryl methyl sites for hydroxylation is 2. The van der Waals surface area contributed by atoms with Crippen molar-refractivity contribution in [2.45, 2.75) is 52.0 Å². The summed E-state index contributed by atoms with van der Waals surface area (Å²) in [5, 5.41) is 3.09. The number of Topliss-reactive ketones (excluding diaryl/α,β-unsaturated/α-hetero) is 1. The Bertz CT molecular complexity index is 937. The molecule has 28 heavy (non-hydrogen) atoms. The van der Waals surface area contributed by atoms with E-state index in [9.17, 15) is 9.59 Å². The minimum Gasteiger partial charge on any atom is -0.454 e. The van der Waals surface area contributed by atoms with Gasteiger partial charge in [-0.1, -0.05) is 30.0 Å². The largest absolute Gasteiger partial charge is 0.454 e. The SMILES string of the molecule is Cc1cc(C)cc(C(=O)C2(NC(=O)c3ccc4c(c3C)OCO4)CCCC2)c1. The highest BCUT2D eigenvalue weighted by molar-refractivity contribution is 6.08. The molecule has 1 aliphatic heterocycles. The first kappa shape index (κ1) is 18.5.